The minimum absolute atomic E-state index is 0.0742. The lowest BCUT2D eigenvalue weighted by Gasteiger charge is -2.56. The van der Waals surface area contributed by atoms with Crippen molar-refractivity contribution in [3.63, 3.8) is 0 Å². The van der Waals surface area contributed by atoms with Crippen molar-refractivity contribution in [2.75, 3.05) is 0 Å². The van der Waals surface area contributed by atoms with Crippen LogP contribution in [0.15, 0.2) is 10.5 Å². The molecular formula is C17H23N3OS. The van der Waals surface area contributed by atoms with Gasteiger partial charge in [0.2, 0.25) is 5.91 Å². The second-order valence-electron chi connectivity index (χ2n) is 7.68. The number of aryl methyl sites for hydroxylation is 1. The predicted octanol–water partition coefficient (Wildman–Crippen LogP) is 3.51. The number of carbonyl (C=O) groups is 1. The van der Waals surface area contributed by atoms with Crippen molar-refractivity contribution >= 4 is 23.5 Å². The van der Waals surface area contributed by atoms with Gasteiger partial charge in [0.15, 0.2) is 0 Å². The molecule has 118 valence electrons. The number of rotatable bonds is 4. The van der Waals surface area contributed by atoms with Crippen LogP contribution in [0.2, 0.25) is 0 Å². The molecule has 1 amide bonds. The normalized spacial score (nSPS) is 36.1. The molecule has 0 saturated heterocycles. The van der Waals surface area contributed by atoms with Gasteiger partial charge in [0.05, 0.1) is 16.9 Å². The van der Waals surface area contributed by atoms with Crippen LogP contribution in [0, 0.1) is 30.1 Å². The van der Waals surface area contributed by atoms with Crippen molar-refractivity contribution in [1.29, 1.82) is 0 Å². The van der Waals surface area contributed by atoms with E-state index in [1.165, 1.54) is 38.5 Å². The summed E-state index contributed by atoms with van der Waals surface area (Å²) in [6.45, 7) is 1.97. The third kappa shape index (κ3) is 2.83. The van der Waals surface area contributed by atoms with E-state index in [4.69, 9.17) is 0 Å². The average molecular weight is 317 g/mol. The molecule has 4 nitrogen and oxygen atoms in total. The highest BCUT2D eigenvalue weighted by Crippen LogP contribution is 2.61. The van der Waals surface area contributed by atoms with Crippen LogP contribution in [0.4, 0.5) is 0 Å². The standard InChI is InChI=1S/C17H23N3OS/c1-11-19-15(10-22-11)9-18-20-16(21)8-17-5-12-2-13(6-17)4-14(3-12)7-17/h9-10,12-14H,2-8H2,1H3,(H,20,21)/b18-9-. The van der Waals surface area contributed by atoms with E-state index in [2.05, 4.69) is 15.5 Å². The van der Waals surface area contributed by atoms with Gasteiger partial charge in [-0.2, -0.15) is 5.10 Å². The average Bonchev–Trinajstić information content (AvgIpc) is 2.82. The first-order valence-corrected chi connectivity index (χ1v) is 9.22. The fourth-order valence-electron chi connectivity index (χ4n) is 5.50. The van der Waals surface area contributed by atoms with Gasteiger partial charge >= 0.3 is 0 Å². The highest BCUT2D eigenvalue weighted by Gasteiger charge is 2.51. The Morgan fingerprint density at radius 2 is 2.00 bits per heavy atom. The Kier molecular flexibility index (Phi) is 3.56. The molecular weight excluding hydrogens is 294 g/mol. The zero-order valence-electron chi connectivity index (χ0n) is 13.0. The smallest absolute Gasteiger partial charge is 0.240 e. The number of hydrazone groups is 1. The van der Waals surface area contributed by atoms with Crippen LogP contribution in [0.3, 0.4) is 0 Å². The van der Waals surface area contributed by atoms with Crippen molar-refractivity contribution in [3.05, 3.63) is 16.1 Å². The van der Waals surface area contributed by atoms with Crippen LogP contribution in [0.25, 0.3) is 0 Å². The molecule has 4 fully saturated rings. The number of amides is 1. The van der Waals surface area contributed by atoms with Crippen LogP contribution in [-0.4, -0.2) is 17.1 Å². The van der Waals surface area contributed by atoms with Gasteiger partial charge < -0.3 is 0 Å². The molecule has 1 N–H and O–H groups in total. The van der Waals surface area contributed by atoms with E-state index < -0.39 is 0 Å². The molecule has 0 aliphatic heterocycles. The van der Waals surface area contributed by atoms with E-state index in [1.807, 2.05) is 12.3 Å². The molecule has 4 saturated carbocycles. The van der Waals surface area contributed by atoms with Crippen LogP contribution in [-0.2, 0) is 4.79 Å². The lowest BCUT2D eigenvalue weighted by atomic mass is 9.49. The van der Waals surface area contributed by atoms with Gasteiger partial charge in [0.25, 0.3) is 0 Å². The largest absolute Gasteiger partial charge is 0.273 e. The molecule has 1 heterocycles. The zero-order valence-corrected chi connectivity index (χ0v) is 13.9. The Labute approximate surface area is 135 Å². The molecule has 0 atom stereocenters. The molecule has 5 heteroatoms. The third-order valence-electron chi connectivity index (χ3n) is 5.72. The van der Waals surface area contributed by atoms with E-state index in [0.29, 0.717) is 6.42 Å². The molecule has 4 bridgehead atoms. The van der Waals surface area contributed by atoms with Gasteiger partial charge in [0, 0.05) is 11.8 Å². The molecule has 4 aliphatic carbocycles. The molecule has 22 heavy (non-hydrogen) atoms. The fourth-order valence-corrected chi connectivity index (χ4v) is 6.06. The Bertz CT molecular complexity index is 572. The molecule has 4 aliphatic rings. The van der Waals surface area contributed by atoms with E-state index in [-0.39, 0.29) is 11.3 Å². The summed E-state index contributed by atoms with van der Waals surface area (Å²) in [6, 6.07) is 0. The Morgan fingerprint density at radius 1 is 1.36 bits per heavy atom. The van der Waals surface area contributed by atoms with Gasteiger partial charge in [0.1, 0.15) is 0 Å². The Hall–Kier alpha value is -1.23. The van der Waals surface area contributed by atoms with Gasteiger partial charge in [-0.3, -0.25) is 4.79 Å². The Morgan fingerprint density at radius 3 is 2.55 bits per heavy atom. The van der Waals surface area contributed by atoms with Crippen LogP contribution >= 0.6 is 11.3 Å². The van der Waals surface area contributed by atoms with Crippen molar-refractivity contribution in [2.45, 2.75) is 51.9 Å². The van der Waals surface area contributed by atoms with E-state index in [0.717, 1.165) is 28.5 Å². The summed E-state index contributed by atoms with van der Waals surface area (Å²) in [6.07, 6.45) is 10.3. The Balaban J connectivity index is 1.35. The first kappa shape index (κ1) is 14.4. The van der Waals surface area contributed by atoms with Gasteiger partial charge in [-0.15, -0.1) is 11.3 Å². The van der Waals surface area contributed by atoms with Crippen molar-refractivity contribution in [1.82, 2.24) is 10.4 Å². The highest BCUT2D eigenvalue weighted by molar-refractivity contribution is 7.09. The summed E-state index contributed by atoms with van der Waals surface area (Å²) in [5, 5.41) is 7.04. The predicted molar refractivity (Wildman–Crippen MR) is 87.8 cm³/mol. The summed E-state index contributed by atoms with van der Waals surface area (Å²) in [4.78, 5) is 16.6. The summed E-state index contributed by atoms with van der Waals surface area (Å²) in [5.41, 5.74) is 3.81. The highest BCUT2D eigenvalue weighted by atomic mass is 32.1. The SMILES string of the molecule is Cc1nc(/C=N\NC(=O)CC23CC4CC(CC(C4)C2)C3)cs1. The second-order valence-corrected chi connectivity index (χ2v) is 8.74. The number of nitrogens with one attached hydrogen (secondary N) is 1. The third-order valence-corrected chi connectivity index (χ3v) is 6.52. The van der Waals surface area contributed by atoms with E-state index in [1.54, 1.807) is 17.6 Å². The molecule has 5 rings (SSSR count). The second kappa shape index (κ2) is 5.44. The van der Waals surface area contributed by atoms with Crippen LogP contribution in [0.1, 0.15) is 55.6 Å². The number of carbonyl (C=O) groups excluding carboxylic acids is 1. The van der Waals surface area contributed by atoms with Crippen molar-refractivity contribution < 1.29 is 4.79 Å². The van der Waals surface area contributed by atoms with Crippen LogP contribution < -0.4 is 5.43 Å². The lowest BCUT2D eigenvalue weighted by Crippen LogP contribution is -2.47. The summed E-state index contributed by atoms with van der Waals surface area (Å²) in [5.74, 6) is 2.74. The lowest BCUT2D eigenvalue weighted by molar-refractivity contribution is -0.129. The molecule has 0 unspecified atom stereocenters. The van der Waals surface area contributed by atoms with E-state index >= 15 is 0 Å². The van der Waals surface area contributed by atoms with Gasteiger partial charge in [-0.1, -0.05) is 0 Å². The molecule has 0 spiro atoms. The number of hydrogen-bond acceptors (Lipinski definition) is 4. The number of hydrogen-bond donors (Lipinski definition) is 1. The monoisotopic (exact) mass is 317 g/mol. The quantitative estimate of drug-likeness (QED) is 0.682. The minimum atomic E-state index is 0.0742. The van der Waals surface area contributed by atoms with Crippen LogP contribution in [0.5, 0.6) is 0 Å². The fraction of sp³-hybridized carbons (Fsp3) is 0.706. The summed E-state index contributed by atoms with van der Waals surface area (Å²) in [7, 11) is 0. The number of aromatic nitrogens is 1. The first-order chi connectivity index (χ1) is 10.6. The molecule has 0 radical (unpaired) electrons. The number of thiazole rings is 1. The maximum Gasteiger partial charge on any atom is 0.240 e. The molecule has 0 aromatic carbocycles. The maximum absolute atomic E-state index is 12.3. The van der Waals surface area contributed by atoms with Gasteiger partial charge in [-0.05, 0) is 68.6 Å². The van der Waals surface area contributed by atoms with E-state index in [9.17, 15) is 4.79 Å². The minimum Gasteiger partial charge on any atom is -0.273 e. The maximum atomic E-state index is 12.3. The van der Waals surface area contributed by atoms with Crippen molar-refractivity contribution in [2.24, 2.45) is 28.3 Å². The zero-order chi connectivity index (χ0) is 15.2. The summed E-state index contributed by atoms with van der Waals surface area (Å²) >= 11 is 1.59. The first-order valence-electron chi connectivity index (χ1n) is 8.34. The topological polar surface area (TPSA) is 54.4 Å². The van der Waals surface area contributed by atoms with Gasteiger partial charge in [-0.25, -0.2) is 10.4 Å². The molecule has 1 aromatic heterocycles. The summed E-state index contributed by atoms with van der Waals surface area (Å²) < 4.78 is 0. The molecule has 1 aromatic rings. The number of nitrogens with zero attached hydrogens (tertiary/aromatic N) is 2. The van der Waals surface area contributed by atoms with Crippen molar-refractivity contribution in [3.8, 4) is 0 Å².